The van der Waals surface area contributed by atoms with Gasteiger partial charge in [0, 0.05) is 52.5 Å². The van der Waals surface area contributed by atoms with Crippen molar-refractivity contribution in [3.05, 3.63) is 23.9 Å². The van der Waals surface area contributed by atoms with Crippen LogP contribution in [0.1, 0.15) is 37.0 Å². The van der Waals surface area contributed by atoms with Gasteiger partial charge in [-0.2, -0.15) is 0 Å². The number of hydrogen-bond acceptors (Lipinski definition) is 5. The molecule has 0 aliphatic carbocycles. The molecule has 1 aromatic heterocycles. The zero-order valence-electron chi connectivity index (χ0n) is 15.8. The standard InChI is InChI=1S/C19H30N4O2/c1-14-11-22(12-15(2)25-14)13-17-6-5-9-23(17)19(24)16-7-8-18(20-10-16)21(3)4/h7-8,10,14-15,17H,5-6,9,11-13H2,1-4H3/t14-,15+,17-/m0/s1. The Kier molecular flexibility index (Phi) is 5.59. The molecule has 25 heavy (non-hydrogen) atoms. The Hall–Kier alpha value is -1.66. The molecule has 2 saturated heterocycles. The Morgan fingerprint density at radius 3 is 2.60 bits per heavy atom. The van der Waals surface area contributed by atoms with Crippen LogP contribution in [0.5, 0.6) is 0 Å². The van der Waals surface area contributed by atoms with Gasteiger partial charge < -0.3 is 14.5 Å². The van der Waals surface area contributed by atoms with Gasteiger partial charge in [0.05, 0.1) is 17.8 Å². The first kappa shape index (κ1) is 18.1. The Bertz CT molecular complexity index is 580. The number of amides is 1. The molecule has 0 aromatic carbocycles. The van der Waals surface area contributed by atoms with Crippen LogP contribution in [0, 0.1) is 0 Å². The minimum Gasteiger partial charge on any atom is -0.373 e. The number of anilines is 1. The number of aromatic nitrogens is 1. The minimum absolute atomic E-state index is 0.106. The van der Waals surface area contributed by atoms with E-state index in [1.807, 2.05) is 36.0 Å². The van der Waals surface area contributed by atoms with Crippen molar-refractivity contribution in [3.63, 3.8) is 0 Å². The van der Waals surface area contributed by atoms with E-state index in [1.165, 1.54) is 0 Å². The number of rotatable bonds is 4. The van der Waals surface area contributed by atoms with Crippen LogP contribution < -0.4 is 4.90 Å². The molecule has 138 valence electrons. The number of carbonyl (C=O) groups is 1. The first-order valence-electron chi connectivity index (χ1n) is 9.26. The quantitative estimate of drug-likeness (QED) is 0.833. The van der Waals surface area contributed by atoms with Crippen molar-refractivity contribution in [1.82, 2.24) is 14.8 Å². The SMILES string of the molecule is C[C@@H]1CN(C[C@@H]2CCCN2C(=O)c2ccc(N(C)C)nc2)C[C@H](C)O1. The summed E-state index contributed by atoms with van der Waals surface area (Å²) in [5.74, 6) is 0.973. The number of ether oxygens (including phenoxy) is 1. The van der Waals surface area contributed by atoms with Crippen LogP contribution in [0.15, 0.2) is 18.3 Å². The fourth-order valence-corrected chi connectivity index (χ4v) is 3.97. The van der Waals surface area contributed by atoms with Crippen molar-refractivity contribution in [3.8, 4) is 0 Å². The normalized spacial score (nSPS) is 27.5. The molecule has 0 saturated carbocycles. The summed E-state index contributed by atoms with van der Waals surface area (Å²) < 4.78 is 5.82. The predicted molar refractivity (Wildman–Crippen MR) is 99.1 cm³/mol. The monoisotopic (exact) mass is 346 g/mol. The van der Waals surface area contributed by atoms with Crippen LogP contribution in [0.4, 0.5) is 5.82 Å². The summed E-state index contributed by atoms with van der Waals surface area (Å²) in [4.78, 5) is 23.7. The molecule has 3 rings (SSSR count). The van der Waals surface area contributed by atoms with Crippen LogP contribution >= 0.6 is 0 Å². The molecule has 3 atom stereocenters. The van der Waals surface area contributed by atoms with Crippen LogP contribution in [0.2, 0.25) is 0 Å². The van der Waals surface area contributed by atoms with Crippen LogP contribution in [0.25, 0.3) is 0 Å². The molecular formula is C19H30N4O2. The predicted octanol–water partition coefficient (Wildman–Crippen LogP) is 1.86. The van der Waals surface area contributed by atoms with Gasteiger partial charge in [0.25, 0.3) is 5.91 Å². The maximum Gasteiger partial charge on any atom is 0.255 e. The zero-order chi connectivity index (χ0) is 18.0. The Morgan fingerprint density at radius 1 is 1.28 bits per heavy atom. The molecule has 6 heteroatoms. The van der Waals surface area contributed by atoms with Crippen LogP contribution in [-0.2, 0) is 4.74 Å². The molecular weight excluding hydrogens is 316 g/mol. The first-order chi connectivity index (χ1) is 11.9. The van der Waals surface area contributed by atoms with E-state index in [-0.39, 0.29) is 18.1 Å². The highest BCUT2D eigenvalue weighted by molar-refractivity contribution is 5.94. The lowest BCUT2D eigenvalue weighted by atomic mass is 10.1. The molecule has 0 bridgehead atoms. The number of likely N-dealkylation sites (tertiary alicyclic amines) is 1. The molecule has 6 nitrogen and oxygen atoms in total. The number of hydrogen-bond donors (Lipinski definition) is 0. The van der Waals surface area contributed by atoms with Gasteiger partial charge in [-0.3, -0.25) is 9.69 Å². The van der Waals surface area contributed by atoms with Crippen molar-refractivity contribution in [2.45, 2.75) is 44.9 Å². The Morgan fingerprint density at radius 2 is 2.00 bits per heavy atom. The summed E-state index contributed by atoms with van der Waals surface area (Å²) in [5, 5.41) is 0. The number of carbonyl (C=O) groups excluding carboxylic acids is 1. The van der Waals surface area contributed by atoms with Crippen molar-refractivity contribution >= 4 is 11.7 Å². The van der Waals surface area contributed by atoms with Crippen molar-refractivity contribution in [2.75, 3.05) is 45.2 Å². The Labute approximate surface area is 150 Å². The minimum atomic E-state index is 0.106. The van der Waals surface area contributed by atoms with Gasteiger partial charge in [-0.1, -0.05) is 0 Å². The third-order valence-electron chi connectivity index (χ3n) is 5.06. The summed E-state index contributed by atoms with van der Waals surface area (Å²) in [5.41, 5.74) is 0.682. The summed E-state index contributed by atoms with van der Waals surface area (Å²) in [6.07, 6.45) is 4.38. The summed E-state index contributed by atoms with van der Waals surface area (Å²) >= 11 is 0. The molecule has 1 amide bonds. The fraction of sp³-hybridized carbons (Fsp3) is 0.684. The zero-order valence-corrected chi connectivity index (χ0v) is 15.8. The van der Waals surface area contributed by atoms with Gasteiger partial charge in [-0.25, -0.2) is 4.98 Å². The lowest BCUT2D eigenvalue weighted by Crippen LogP contribution is -2.50. The molecule has 2 aliphatic heterocycles. The molecule has 0 unspecified atom stereocenters. The van der Waals surface area contributed by atoms with Gasteiger partial charge in [0.15, 0.2) is 0 Å². The number of nitrogens with zero attached hydrogens (tertiary/aromatic N) is 4. The third-order valence-corrected chi connectivity index (χ3v) is 5.06. The van der Waals surface area contributed by atoms with E-state index in [0.717, 1.165) is 44.8 Å². The molecule has 2 fully saturated rings. The van der Waals surface area contributed by atoms with E-state index >= 15 is 0 Å². The molecule has 1 aromatic rings. The number of morpholine rings is 1. The molecule has 2 aliphatic rings. The highest BCUT2D eigenvalue weighted by atomic mass is 16.5. The van der Waals surface area contributed by atoms with E-state index < -0.39 is 0 Å². The van der Waals surface area contributed by atoms with Gasteiger partial charge in [0.1, 0.15) is 5.82 Å². The summed E-state index contributed by atoms with van der Waals surface area (Å²) in [6, 6.07) is 4.08. The topological polar surface area (TPSA) is 48.9 Å². The largest absolute Gasteiger partial charge is 0.373 e. The van der Waals surface area contributed by atoms with Crippen molar-refractivity contribution in [1.29, 1.82) is 0 Å². The van der Waals surface area contributed by atoms with E-state index in [2.05, 4.69) is 23.7 Å². The van der Waals surface area contributed by atoms with E-state index in [1.54, 1.807) is 6.20 Å². The lowest BCUT2D eigenvalue weighted by Gasteiger charge is -2.38. The van der Waals surface area contributed by atoms with Crippen molar-refractivity contribution < 1.29 is 9.53 Å². The van der Waals surface area contributed by atoms with Gasteiger partial charge in [-0.05, 0) is 38.8 Å². The maximum absolute atomic E-state index is 12.9. The molecule has 3 heterocycles. The van der Waals surface area contributed by atoms with Gasteiger partial charge in [-0.15, -0.1) is 0 Å². The second-order valence-electron chi connectivity index (χ2n) is 7.57. The fourth-order valence-electron chi connectivity index (χ4n) is 3.97. The van der Waals surface area contributed by atoms with Gasteiger partial charge >= 0.3 is 0 Å². The second kappa shape index (κ2) is 7.70. The average molecular weight is 346 g/mol. The number of pyridine rings is 1. The maximum atomic E-state index is 12.9. The molecule has 0 spiro atoms. The van der Waals surface area contributed by atoms with Crippen molar-refractivity contribution in [2.24, 2.45) is 0 Å². The molecule has 0 radical (unpaired) electrons. The van der Waals surface area contributed by atoms with Gasteiger partial charge in [0.2, 0.25) is 0 Å². The van der Waals surface area contributed by atoms with Crippen LogP contribution in [-0.4, -0.2) is 79.2 Å². The summed E-state index contributed by atoms with van der Waals surface area (Å²) in [7, 11) is 3.90. The smallest absolute Gasteiger partial charge is 0.255 e. The second-order valence-corrected chi connectivity index (χ2v) is 7.57. The van der Waals surface area contributed by atoms with E-state index in [4.69, 9.17) is 4.74 Å². The highest BCUT2D eigenvalue weighted by Gasteiger charge is 2.33. The summed E-state index contributed by atoms with van der Waals surface area (Å²) in [6.45, 7) is 7.92. The third kappa shape index (κ3) is 4.30. The Balaban J connectivity index is 1.65. The lowest BCUT2D eigenvalue weighted by molar-refractivity contribution is -0.0715. The molecule has 0 N–H and O–H groups in total. The van der Waals surface area contributed by atoms with Crippen LogP contribution in [0.3, 0.4) is 0 Å². The highest BCUT2D eigenvalue weighted by Crippen LogP contribution is 2.23. The average Bonchev–Trinajstić information content (AvgIpc) is 3.01. The van der Waals surface area contributed by atoms with E-state index in [9.17, 15) is 4.79 Å². The first-order valence-corrected chi connectivity index (χ1v) is 9.26. The van der Waals surface area contributed by atoms with E-state index in [0.29, 0.717) is 11.6 Å².